The Morgan fingerprint density at radius 1 is 1.02 bits per heavy atom. The number of nitrogens with zero attached hydrogens (tertiary/aromatic N) is 1. The van der Waals surface area contributed by atoms with E-state index < -0.39 is 0 Å². The van der Waals surface area contributed by atoms with Gasteiger partial charge >= 0.3 is 6.09 Å². The highest BCUT2D eigenvalue weighted by Crippen LogP contribution is 2.67. The second kappa shape index (κ2) is 15.9. The number of fused-ring (bicyclic) bond motifs is 5. The van der Waals surface area contributed by atoms with Crippen molar-refractivity contribution in [2.24, 2.45) is 52.1 Å². The van der Waals surface area contributed by atoms with E-state index in [4.69, 9.17) is 10.5 Å². The average molecular weight is 602 g/mol. The van der Waals surface area contributed by atoms with E-state index in [-0.39, 0.29) is 17.6 Å². The third kappa shape index (κ3) is 8.37. The molecule has 43 heavy (non-hydrogen) atoms. The van der Waals surface area contributed by atoms with Crippen LogP contribution >= 0.6 is 0 Å². The molecule has 0 bridgehead atoms. The maximum absolute atomic E-state index is 12.8. The number of ether oxygens (including phenoxy) is 1. The van der Waals surface area contributed by atoms with Crippen LogP contribution in [0.15, 0.2) is 11.6 Å². The van der Waals surface area contributed by atoms with Gasteiger partial charge in [-0.25, -0.2) is 4.79 Å². The quantitative estimate of drug-likeness (QED) is 0.0964. The molecule has 1 amide bonds. The first-order chi connectivity index (χ1) is 20.6. The van der Waals surface area contributed by atoms with Gasteiger partial charge in [-0.3, -0.25) is 4.90 Å². The Morgan fingerprint density at radius 2 is 1.79 bits per heavy atom. The topological polar surface area (TPSA) is 91.6 Å². The minimum absolute atomic E-state index is 0.00132. The SMILES string of the molecule is CNCCN(CCNCN)CCNC(=O)OC1CCC2(C)C(=CCC3C2CCC2(C)C(C(C)CCCC(C)C)CCC32)C1. The standard InChI is InChI=1S/C36H67N5O2/c1-26(2)8-7-9-27(3)31-12-13-32-30-11-10-28-24-29(14-16-35(28,4)33(30)15-17-36(31,32)5)43-34(42)40-20-23-41(21-18-38-6)22-19-39-25-37/h10,26-27,29-33,38-39H,7-9,11-25,37H2,1-6H3,(H,40,42). The number of carbonyl (C=O) groups excluding carboxylic acids is 1. The summed E-state index contributed by atoms with van der Waals surface area (Å²) in [5.41, 5.74) is 7.97. The van der Waals surface area contributed by atoms with Crippen LogP contribution in [-0.2, 0) is 4.74 Å². The summed E-state index contributed by atoms with van der Waals surface area (Å²) < 4.78 is 6.00. The van der Waals surface area contributed by atoms with E-state index in [1.165, 1.54) is 51.4 Å². The first-order valence-electron chi connectivity index (χ1n) is 18.0. The first-order valence-corrected chi connectivity index (χ1v) is 18.0. The van der Waals surface area contributed by atoms with E-state index in [2.05, 4.69) is 61.5 Å². The summed E-state index contributed by atoms with van der Waals surface area (Å²) in [6, 6.07) is 0. The van der Waals surface area contributed by atoms with Crippen LogP contribution < -0.4 is 21.7 Å². The number of amides is 1. The van der Waals surface area contributed by atoms with Crippen molar-refractivity contribution in [2.75, 3.05) is 53.0 Å². The molecule has 0 spiro atoms. The molecule has 7 nitrogen and oxygen atoms in total. The normalized spacial score (nSPS) is 34.3. The summed E-state index contributed by atoms with van der Waals surface area (Å²) >= 11 is 0. The number of alkyl carbamates (subject to hydrolysis) is 1. The van der Waals surface area contributed by atoms with Crippen LogP contribution in [0.4, 0.5) is 4.79 Å². The molecule has 4 aliphatic carbocycles. The second-order valence-electron chi connectivity index (χ2n) is 15.6. The van der Waals surface area contributed by atoms with Gasteiger partial charge in [-0.2, -0.15) is 0 Å². The van der Waals surface area contributed by atoms with E-state index in [9.17, 15) is 4.79 Å². The van der Waals surface area contributed by atoms with Crippen LogP contribution in [0.5, 0.6) is 0 Å². The highest BCUT2D eigenvalue weighted by atomic mass is 16.6. The molecular weight excluding hydrogens is 534 g/mol. The molecular formula is C36H67N5O2. The lowest BCUT2D eigenvalue weighted by Gasteiger charge is -2.58. The van der Waals surface area contributed by atoms with Crippen molar-refractivity contribution in [2.45, 2.75) is 111 Å². The molecule has 248 valence electrons. The summed E-state index contributed by atoms with van der Waals surface area (Å²) in [6.45, 7) is 18.1. The van der Waals surface area contributed by atoms with Gasteiger partial charge in [0.1, 0.15) is 6.10 Å². The predicted molar refractivity (Wildman–Crippen MR) is 179 cm³/mol. The average Bonchev–Trinajstić information content (AvgIpc) is 3.33. The summed E-state index contributed by atoms with van der Waals surface area (Å²) in [5.74, 6) is 5.12. The number of nitrogens with one attached hydrogen (secondary N) is 3. The molecule has 0 radical (unpaired) electrons. The number of hydrogen-bond acceptors (Lipinski definition) is 6. The smallest absolute Gasteiger partial charge is 0.407 e. The van der Waals surface area contributed by atoms with Gasteiger partial charge < -0.3 is 26.4 Å². The van der Waals surface area contributed by atoms with Gasteiger partial charge in [-0.1, -0.05) is 65.5 Å². The van der Waals surface area contributed by atoms with Gasteiger partial charge in [0.15, 0.2) is 0 Å². The molecule has 0 aromatic heterocycles. The second-order valence-corrected chi connectivity index (χ2v) is 15.6. The summed E-state index contributed by atoms with van der Waals surface area (Å²) in [5, 5.41) is 9.41. The molecule has 0 aliphatic heterocycles. The Labute approximate surface area is 264 Å². The molecule has 0 saturated heterocycles. The molecule has 4 rings (SSSR count). The predicted octanol–water partition coefficient (Wildman–Crippen LogP) is 6.15. The van der Waals surface area contributed by atoms with Crippen molar-refractivity contribution in [1.82, 2.24) is 20.9 Å². The molecule has 0 heterocycles. The number of nitrogens with two attached hydrogens (primary N) is 1. The van der Waals surface area contributed by atoms with Crippen molar-refractivity contribution >= 4 is 6.09 Å². The van der Waals surface area contributed by atoms with Gasteiger partial charge in [0.05, 0.1) is 0 Å². The third-order valence-electron chi connectivity index (χ3n) is 12.7. The van der Waals surface area contributed by atoms with Crippen LogP contribution in [0.3, 0.4) is 0 Å². The summed E-state index contributed by atoms with van der Waals surface area (Å²) in [6.07, 6.45) is 16.5. The van der Waals surface area contributed by atoms with Crippen LogP contribution in [-0.4, -0.2) is 70.1 Å². The van der Waals surface area contributed by atoms with Crippen molar-refractivity contribution in [3.63, 3.8) is 0 Å². The van der Waals surface area contributed by atoms with Gasteiger partial charge in [-0.05, 0) is 98.3 Å². The Hall–Kier alpha value is -1.15. The zero-order valence-electron chi connectivity index (χ0n) is 28.7. The zero-order valence-corrected chi connectivity index (χ0v) is 28.7. The van der Waals surface area contributed by atoms with E-state index >= 15 is 0 Å². The lowest BCUT2D eigenvalue weighted by atomic mass is 9.47. The van der Waals surface area contributed by atoms with Crippen LogP contribution in [0.25, 0.3) is 0 Å². The Balaban J connectivity index is 1.28. The van der Waals surface area contributed by atoms with Crippen LogP contribution in [0.1, 0.15) is 105 Å². The van der Waals surface area contributed by atoms with E-state index in [0.29, 0.717) is 18.6 Å². The Morgan fingerprint density at radius 3 is 2.53 bits per heavy atom. The van der Waals surface area contributed by atoms with E-state index in [1.54, 1.807) is 5.57 Å². The first kappa shape index (κ1) is 34.7. The highest BCUT2D eigenvalue weighted by molar-refractivity contribution is 5.67. The molecule has 8 unspecified atom stereocenters. The number of rotatable bonds is 16. The zero-order chi connectivity index (χ0) is 31.0. The fourth-order valence-corrected chi connectivity index (χ4v) is 10.2. The fraction of sp³-hybridized carbons (Fsp3) is 0.917. The number of allylic oxidation sites excluding steroid dienone is 1. The van der Waals surface area contributed by atoms with Gasteiger partial charge in [0.2, 0.25) is 0 Å². The third-order valence-corrected chi connectivity index (χ3v) is 12.7. The lowest BCUT2D eigenvalue weighted by Crippen LogP contribution is -2.51. The van der Waals surface area contributed by atoms with E-state index in [1.807, 2.05) is 7.05 Å². The van der Waals surface area contributed by atoms with Crippen LogP contribution in [0.2, 0.25) is 0 Å². The Kier molecular flexibility index (Phi) is 12.8. The van der Waals surface area contributed by atoms with Crippen molar-refractivity contribution in [1.29, 1.82) is 0 Å². The number of likely N-dealkylation sites (N-methyl/N-ethyl adjacent to an activating group) is 1. The minimum atomic E-state index is -0.260. The maximum atomic E-state index is 12.8. The molecule has 5 N–H and O–H groups in total. The lowest BCUT2D eigenvalue weighted by molar-refractivity contribution is -0.0581. The maximum Gasteiger partial charge on any atom is 0.407 e. The largest absolute Gasteiger partial charge is 0.446 e. The van der Waals surface area contributed by atoms with Crippen LogP contribution in [0, 0.1) is 46.3 Å². The minimum Gasteiger partial charge on any atom is -0.446 e. The van der Waals surface area contributed by atoms with E-state index in [0.717, 1.165) is 87.5 Å². The fourth-order valence-electron chi connectivity index (χ4n) is 10.2. The highest BCUT2D eigenvalue weighted by Gasteiger charge is 2.59. The van der Waals surface area contributed by atoms with Gasteiger partial charge in [-0.15, -0.1) is 0 Å². The van der Waals surface area contributed by atoms with Crippen molar-refractivity contribution < 1.29 is 9.53 Å². The number of carbonyl (C=O) groups is 1. The summed E-state index contributed by atoms with van der Waals surface area (Å²) in [7, 11) is 1.97. The Bertz CT molecular complexity index is 910. The molecule has 4 aliphatic rings. The monoisotopic (exact) mass is 602 g/mol. The van der Waals surface area contributed by atoms with Gasteiger partial charge in [0, 0.05) is 52.4 Å². The molecule has 0 aromatic carbocycles. The molecule has 3 saturated carbocycles. The van der Waals surface area contributed by atoms with Crippen molar-refractivity contribution in [3.05, 3.63) is 11.6 Å². The molecule has 0 aromatic rings. The molecule has 7 heteroatoms. The molecule has 3 fully saturated rings. The van der Waals surface area contributed by atoms with Gasteiger partial charge in [0.25, 0.3) is 0 Å². The number of hydrogen-bond donors (Lipinski definition) is 4. The van der Waals surface area contributed by atoms with Crippen molar-refractivity contribution in [3.8, 4) is 0 Å². The molecule has 8 atom stereocenters. The summed E-state index contributed by atoms with van der Waals surface area (Å²) in [4.78, 5) is 15.1.